The van der Waals surface area contributed by atoms with Crippen LogP contribution in [-0.4, -0.2) is 45.0 Å². The lowest BCUT2D eigenvalue weighted by molar-refractivity contribution is 0.00270. The molecule has 1 atom stereocenters. The van der Waals surface area contributed by atoms with E-state index in [-0.39, 0.29) is 12.0 Å². The lowest BCUT2D eigenvalue weighted by Gasteiger charge is -2.24. The molecule has 2 saturated carbocycles. The first-order valence-electron chi connectivity index (χ1n) is 10.1. The molecule has 0 bridgehead atoms. The number of rotatable bonds is 5. The predicted molar refractivity (Wildman–Crippen MR) is 97.1 cm³/mol. The van der Waals surface area contributed by atoms with Gasteiger partial charge >= 0.3 is 0 Å². The van der Waals surface area contributed by atoms with Gasteiger partial charge in [-0.05, 0) is 37.7 Å². The summed E-state index contributed by atoms with van der Waals surface area (Å²) in [4.78, 5) is 14.9. The van der Waals surface area contributed by atoms with Crippen LogP contribution in [0.5, 0.6) is 0 Å². The van der Waals surface area contributed by atoms with E-state index in [1.807, 2.05) is 21.7 Å². The molecule has 0 radical (unpaired) electrons. The number of carbonyl (C=O) groups is 1. The predicted octanol–water partition coefficient (Wildman–Crippen LogP) is 2.98. The van der Waals surface area contributed by atoms with Gasteiger partial charge in [-0.1, -0.05) is 18.0 Å². The molecule has 27 heavy (non-hydrogen) atoms. The summed E-state index contributed by atoms with van der Waals surface area (Å²) in [6.07, 6.45) is 9.12. The van der Waals surface area contributed by atoms with Crippen LogP contribution in [0.25, 0.3) is 0 Å². The molecule has 7 nitrogen and oxygen atoms in total. The van der Waals surface area contributed by atoms with Crippen molar-refractivity contribution in [1.29, 1.82) is 0 Å². The number of nitrogens with zero attached hydrogens (tertiary/aromatic N) is 4. The monoisotopic (exact) mass is 370 g/mol. The van der Waals surface area contributed by atoms with Gasteiger partial charge in [0, 0.05) is 31.3 Å². The second kappa shape index (κ2) is 7.11. The normalized spacial score (nSPS) is 23.4. The first kappa shape index (κ1) is 17.0. The minimum absolute atomic E-state index is 0.0505. The van der Waals surface area contributed by atoms with Gasteiger partial charge in [-0.3, -0.25) is 9.48 Å². The number of carbonyl (C=O) groups excluding carboxylic acids is 1. The van der Waals surface area contributed by atoms with Crippen molar-refractivity contribution in [1.82, 2.24) is 19.8 Å². The highest BCUT2D eigenvalue weighted by molar-refractivity contribution is 5.92. The van der Waals surface area contributed by atoms with Crippen LogP contribution < -0.4 is 0 Å². The molecule has 2 aliphatic carbocycles. The maximum absolute atomic E-state index is 13.1. The van der Waals surface area contributed by atoms with Crippen LogP contribution in [-0.2, 0) is 17.8 Å². The molecule has 0 unspecified atom stereocenters. The van der Waals surface area contributed by atoms with Crippen LogP contribution in [0.4, 0.5) is 0 Å². The first-order chi connectivity index (χ1) is 13.3. The van der Waals surface area contributed by atoms with Gasteiger partial charge in [0.1, 0.15) is 5.76 Å². The van der Waals surface area contributed by atoms with Gasteiger partial charge in [-0.25, -0.2) is 0 Å². The third-order valence-electron chi connectivity index (χ3n) is 6.01. The first-order valence-corrected chi connectivity index (χ1v) is 10.1. The van der Waals surface area contributed by atoms with E-state index in [2.05, 4.69) is 10.3 Å². The zero-order valence-electron chi connectivity index (χ0n) is 15.5. The summed E-state index contributed by atoms with van der Waals surface area (Å²) in [7, 11) is 0. The third-order valence-corrected chi connectivity index (χ3v) is 6.01. The van der Waals surface area contributed by atoms with Crippen molar-refractivity contribution in [3.8, 4) is 0 Å². The van der Waals surface area contributed by atoms with Crippen LogP contribution >= 0.6 is 0 Å². The highest BCUT2D eigenvalue weighted by Gasteiger charge is 2.32. The Hall–Kier alpha value is -2.15. The highest BCUT2D eigenvalue weighted by atomic mass is 16.5. The molecule has 1 amide bonds. The zero-order chi connectivity index (χ0) is 18.2. The Morgan fingerprint density at radius 1 is 1.22 bits per heavy atom. The lowest BCUT2D eigenvalue weighted by atomic mass is 10.1. The van der Waals surface area contributed by atoms with Crippen molar-refractivity contribution in [2.45, 2.75) is 63.6 Å². The highest BCUT2D eigenvalue weighted by Crippen LogP contribution is 2.40. The van der Waals surface area contributed by atoms with Crippen molar-refractivity contribution >= 4 is 5.91 Å². The summed E-state index contributed by atoms with van der Waals surface area (Å²) in [6, 6.07) is 3.79. The molecule has 0 aromatic carbocycles. The second-order valence-corrected chi connectivity index (χ2v) is 8.18. The van der Waals surface area contributed by atoms with Gasteiger partial charge in [0.2, 0.25) is 0 Å². The standard InChI is InChI=1S/C20H26N4O3/c25-20(18-9-19(27-22-18)15-5-6-15)23-10-16-7-8-21-24(16)12-17(11-23)26-13-14-3-1-2-4-14/h7-9,14-15,17H,1-6,10-13H2/t17-/m0/s1. The van der Waals surface area contributed by atoms with E-state index in [1.165, 1.54) is 25.7 Å². The lowest BCUT2D eigenvalue weighted by Crippen LogP contribution is -2.38. The molecule has 3 aliphatic rings. The number of amides is 1. The minimum Gasteiger partial charge on any atom is -0.374 e. The number of aromatic nitrogens is 3. The molecule has 7 heteroatoms. The summed E-state index contributed by atoms with van der Waals surface area (Å²) < 4.78 is 13.6. The van der Waals surface area contributed by atoms with E-state index < -0.39 is 0 Å². The number of ether oxygens (including phenoxy) is 1. The number of fused-ring (bicyclic) bond motifs is 1. The summed E-state index contributed by atoms with van der Waals surface area (Å²) in [5.41, 5.74) is 1.43. The maximum atomic E-state index is 13.1. The van der Waals surface area contributed by atoms with Gasteiger partial charge in [0.25, 0.3) is 5.91 Å². The minimum atomic E-state index is -0.0882. The molecule has 0 N–H and O–H groups in total. The van der Waals surface area contributed by atoms with Crippen molar-refractivity contribution < 1.29 is 14.1 Å². The van der Waals surface area contributed by atoms with Gasteiger partial charge < -0.3 is 14.2 Å². The Morgan fingerprint density at radius 2 is 2.07 bits per heavy atom. The van der Waals surface area contributed by atoms with E-state index in [0.717, 1.165) is 30.9 Å². The molecule has 5 rings (SSSR count). The molecule has 144 valence electrons. The van der Waals surface area contributed by atoms with Gasteiger partial charge in [0.15, 0.2) is 5.69 Å². The van der Waals surface area contributed by atoms with Crippen LogP contribution in [0, 0.1) is 5.92 Å². The Kier molecular flexibility index (Phi) is 4.47. The third kappa shape index (κ3) is 3.65. The molecule has 1 aliphatic heterocycles. The molecule has 2 aromatic rings. The quantitative estimate of drug-likeness (QED) is 0.809. The van der Waals surface area contributed by atoms with Crippen molar-refractivity contribution in [3.63, 3.8) is 0 Å². The zero-order valence-corrected chi connectivity index (χ0v) is 15.5. The van der Waals surface area contributed by atoms with Gasteiger partial charge in [0.05, 0.1) is 24.9 Å². The van der Waals surface area contributed by atoms with E-state index in [0.29, 0.717) is 37.2 Å². The van der Waals surface area contributed by atoms with Gasteiger partial charge in [-0.15, -0.1) is 0 Å². The van der Waals surface area contributed by atoms with Crippen LogP contribution in [0.15, 0.2) is 22.9 Å². The molecule has 2 fully saturated rings. The van der Waals surface area contributed by atoms with Crippen LogP contribution in [0.1, 0.15) is 66.4 Å². The summed E-state index contributed by atoms with van der Waals surface area (Å²) in [6.45, 7) is 2.54. The molecule has 2 aromatic heterocycles. The Bertz CT molecular complexity index is 804. The van der Waals surface area contributed by atoms with Gasteiger partial charge in [-0.2, -0.15) is 5.10 Å². The molecule has 0 saturated heterocycles. The molecular weight excluding hydrogens is 344 g/mol. The summed E-state index contributed by atoms with van der Waals surface area (Å²) in [5, 5.41) is 8.44. The largest absolute Gasteiger partial charge is 0.374 e. The Labute approximate surface area is 158 Å². The van der Waals surface area contributed by atoms with E-state index >= 15 is 0 Å². The topological polar surface area (TPSA) is 73.4 Å². The number of hydrogen-bond donors (Lipinski definition) is 0. The summed E-state index contributed by atoms with van der Waals surface area (Å²) in [5.74, 6) is 1.86. The Balaban J connectivity index is 1.31. The van der Waals surface area contributed by atoms with Crippen LogP contribution in [0.3, 0.4) is 0 Å². The van der Waals surface area contributed by atoms with Crippen LogP contribution in [0.2, 0.25) is 0 Å². The average Bonchev–Trinajstić information content (AvgIpc) is 3.08. The smallest absolute Gasteiger partial charge is 0.276 e. The molecule has 0 spiro atoms. The number of hydrogen-bond acceptors (Lipinski definition) is 5. The van der Waals surface area contributed by atoms with E-state index in [4.69, 9.17) is 9.26 Å². The van der Waals surface area contributed by atoms with Crippen molar-refractivity contribution in [2.75, 3.05) is 13.2 Å². The summed E-state index contributed by atoms with van der Waals surface area (Å²) >= 11 is 0. The molecular formula is C20H26N4O3. The Morgan fingerprint density at radius 3 is 2.89 bits per heavy atom. The molecule has 3 heterocycles. The second-order valence-electron chi connectivity index (χ2n) is 8.18. The maximum Gasteiger partial charge on any atom is 0.276 e. The van der Waals surface area contributed by atoms with E-state index in [9.17, 15) is 4.79 Å². The average molecular weight is 370 g/mol. The fraction of sp³-hybridized carbons (Fsp3) is 0.650. The fourth-order valence-corrected chi connectivity index (χ4v) is 4.24. The fourth-order valence-electron chi connectivity index (χ4n) is 4.24. The van der Waals surface area contributed by atoms with Crippen molar-refractivity contribution in [2.24, 2.45) is 5.92 Å². The van der Waals surface area contributed by atoms with Crippen molar-refractivity contribution in [3.05, 3.63) is 35.5 Å². The SMILES string of the molecule is O=C(c1cc(C2CC2)on1)N1Cc2ccnn2C[C@@H](OCC2CCCC2)C1. The van der Waals surface area contributed by atoms with E-state index in [1.54, 1.807) is 6.20 Å².